The van der Waals surface area contributed by atoms with E-state index in [0.29, 0.717) is 5.56 Å². The highest BCUT2D eigenvalue weighted by molar-refractivity contribution is 14.1. The Hall–Kier alpha value is -0.690. The normalized spacial score (nSPS) is 10.9. The van der Waals surface area contributed by atoms with Crippen molar-refractivity contribution in [1.82, 2.24) is 5.32 Å². The van der Waals surface area contributed by atoms with Crippen LogP contribution in [0.15, 0.2) is 24.3 Å². The van der Waals surface area contributed by atoms with E-state index in [1.54, 1.807) is 19.9 Å². The van der Waals surface area contributed by atoms with Crippen LogP contribution in [-0.4, -0.2) is 16.4 Å². The molecule has 0 aliphatic heterocycles. The Morgan fingerprint density at radius 3 is 2.62 bits per heavy atom. The van der Waals surface area contributed by atoms with E-state index in [2.05, 4.69) is 27.9 Å². The number of hydrogen-bond donors (Lipinski definition) is 2. The summed E-state index contributed by atoms with van der Waals surface area (Å²) in [5, 5.41) is 2.79. The first kappa shape index (κ1) is 13.4. The highest BCUT2D eigenvalue weighted by Crippen LogP contribution is 2.10. The minimum Gasteiger partial charge on any atom is -0.391 e. The van der Waals surface area contributed by atoms with Gasteiger partial charge in [-0.3, -0.25) is 4.79 Å². The maximum atomic E-state index is 11.9. The summed E-state index contributed by atoms with van der Waals surface area (Å²) in [5.41, 5.74) is 5.48. The Kier molecular flexibility index (Phi) is 4.26. The lowest BCUT2D eigenvalue weighted by molar-refractivity contribution is 0.0932. The molecule has 0 aromatic heterocycles. The average molecular weight is 348 g/mol. The van der Waals surface area contributed by atoms with E-state index in [1.165, 1.54) is 0 Å². The second-order valence-corrected chi connectivity index (χ2v) is 5.64. The summed E-state index contributed by atoms with van der Waals surface area (Å²) in [5.74, 6) is -0.170. The highest BCUT2D eigenvalue weighted by atomic mass is 127. The van der Waals surface area contributed by atoms with Crippen LogP contribution in [0.4, 0.5) is 0 Å². The molecule has 0 radical (unpaired) electrons. The summed E-state index contributed by atoms with van der Waals surface area (Å²) in [6.45, 7) is 3.56. The summed E-state index contributed by atoms with van der Waals surface area (Å²) in [4.78, 5) is 12.2. The van der Waals surface area contributed by atoms with Gasteiger partial charge in [-0.1, -0.05) is 18.3 Å². The number of rotatable bonds is 3. The fraction of sp³-hybridized carbons (Fsp3) is 0.273. The fourth-order valence-corrected chi connectivity index (χ4v) is 1.64. The first-order valence-electron chi connectivity index (χ1n) is 4.71. The third-order valence-electron chi connectivity index (χ3n) is 2.13. The van der Waals surface area contributed by atoms with E-state index < -0.39 is 5.54 Å². The zero-order valence-corrected chi connectivity index (χ0v) is 12.1. The lowest BCUT2D eigenvalue weighted by atomic mass is 10.1. The van der Waals surface area contributed by atoms with Crippen LogP contribution in [0.1, 0.15) is 24.2 Å². The van der Waals surface area contributed by atoms with E-state index in [1.807, 2.05) is 18.2 Å². The molecule has 86 valence electrons. The molecule has 3 nitrogen and oxygen atoms in total. The molecule has 0 fully saturated rings. The third-order valence-corrected chi connectivity index (χ3v) is 3.31. The number of benzene rings is 1. The molecule has 1 rings (SSSR count). The van der Waals surface area contributed by atoms with E-state index >= 15 is 0 Å². The molecule has 1 aromatic carbocycles. The summed E-state index contributed by atoms with van der Waals surface area (Å²) in [6.07, 6.45) is 0. The second kappa shape index (κ2) is 5.09. The van der Waals surface area contributed by atoms with Crippen LogP contribution >= 0.6 is 34.8 Å². The van der Waals surface area contributed by atoms with Crippen molar-refractivity contribution in [3.05, 3.63) is 33.4 Å². The topological polar surface area (TPSA) is 55.1 Å². The maximum Gasteiger partial charge on any atom is 0.252 e. The molecule has 0 bridgehead atoms. The van der Waals surface area contributed by atoms with Gasteiger partial charge in [0.1, 0.15) is 0 Å². The first-order valence-corrected chi connectivity index (χ1v) is 6.19. The van der Waals surface area contributed by atoms with Crippen molar-refractivity contribution in [3.8, 4) is 0 Å². The molecule has 0 aliphatic rings. The van der Waals surface area contributed by atoms with Crippen LogP contribution in [0.25, 0.3) is 0 Å². The summed E-state index contributed by atoms with van der Waals surface area (Å²) in [7, 11) is 0. The number of carbonyl (C=O) groups is 1. The Labute approximate surface area is 114 Å². The molecule has 16 heavy (non-hydrogen) atoms. The number of hydrogen-bond acceptors (Lipinski definition) is 2. The van der Waals surface area contributed by atoms with Gasteiger partial charge in [-0.25, -0.2) is 0 Å². The lowest BCUT2D eigenvalue weighted by Gasteiger charge is -2.24. The van der Waals surface area contributed by atoms with E-state index in [4.69, 9.17) is 18.0 Å². The van der Waals surface area contributed by atoms with Crippen molar-refractivity contribution in [2.24, 2.45) is 5.73 Å². The molecule has 5 heteroatoms. The zero-order valence-electron chi connectivity index (χ0n) is 9.08. The van der Waals surface area contributed by atoms with Gasteiger partial charge in [0.2, 0.25) is 0 Å². The predicted molar refractivity (Wildman–Crippen MR) is 77.5 cm³/mol. The van der Waals surface area contributed by atoms with Gasteiger partial charge in [-0.15, -0.1) is 0 Å². The van der Waals surface area contributed by atoms with E-state index in [-0.39, 0.29) is 10.9 Å². The standard InChI is InChI=1S/C11H13IN2OS/c1-11(2,10(13)16)14-9(15)7-4-3-5-8(12)6-7/h3-6H,1-2H3,(H2,13,16)(H,14,15). The predicted octanol–water partition coefficient (Wildman–Crippen LogP) is 2.09. The minimum absolute atomic E-state index is 0.170. The molecule has 0 saturated heterocycles. The fourth-order valence-electron chi connectivity index (χ4n) is 1.05. The van der Waals surface area contributed by atoms with Crippen molar-refractivity contribution in [2.75, 3.05) is 0 Å². The zero-order chi connectivity index (χ0) is 12.3. The van der Waals surface area contributed by atoms with Crippen LogP contribution < -0.4 is 11.1 Å². The van der Waals surface area contributed by atoms with Gasteiger partial charge in [0, 0.05) is 9.13 Å². The van der Waals surface area contributed by atoms with Gasteiger partial charge in [-0.05, 0) is 54.6 Å². The van der Waals surface area contributed by atoms with Gasteiger partial charge in [0.05, 0.1) is 10.5 Å². The molecule has 3 N–H and O–H groups in total. The molecule has 0 heterocycles. The number of halogens is 1. The van der Waals surface area contributed by atoms with Gasteiger partial charge >= 0.3 is 0 Å². The molecule has 0 saturated carbocycles. The van der Waals surface area contributed by atoms with Crippen LogP contribution in [0.2, 0.25) is 0 Å². The van der Waals surface area contributed by atoms with Crippen molar-refractivity contribution < 1.29 is 4.79 Å². The van der Waals surface area contributed by atoms with Gasteiger partial charge in [0.25, 0.3) is 5.91 Å². The summed E-state index contributed by atoms with van der Waals surface area (Å²) in [6, 6.07) is 7.33. The molecule has 0 spiro atoms. The van der Waals surface area contributed by atoms with Crippen molar-refractivity contribution >= 4 is 45.7 Å². The Balaban J connectivity index is 2.85. The summed E-state index contributed by atoms with van der Waals surface area (Å²) < 4.78 is 1.01. The summed E-state index contributed by atoms with van der Waals surface area (Å²) >= 11 is 7.05. The Morgan fingerprint density at radius 2 is 2.12 bits per heavy atom. The first-order chi connectivity index (χ1) is 7.33. The maximum absolute atomic E-state index is 11.9. The highest BCUT2D eigenvalue weighted by Gasteiger charge is 2.24. The van der Waals surface area contributed by atoms with E-state index in [0.717, 1.165) is 3.57 Å². The van der Waals surface area contributed by atoms with Gasteiger partial charge in [-0.2, -0.15) is 0 Å². The number of amides is 1. The third kappa shape index (κ3) is 3.41. The smallest absolute Gasteiger partial charge is 0.252 e. The van der Waals surface area contributed by atoms with E-state index in [9.17, 15) is 4.79 Å². The molecule has 1 amide bonds. The molecule has 0 atom stereocenters. The largest absolute Gasteiger partial charge is 0.391 e. The van der Waals surface area contributed by atoms with Crippen LogP contribution in [0.3, 0.4) is 0 Å². The molecular weight excluding hydrogens is 335 g/mol. The number of carbonyl (C=O) groups excluding carboxylic acids is 1. The van der Waals surface area contributed by atoms with Crippen molar-refractivity contribution in [1.29, 1.82) is 0 Å². The molecular formula is C11H13IN2OS. The minimum atomic E-state index is -0.673. The molecule has 1 aromatic rings. The van der Waals surface area contributed by atoms with Gasteiger partial charge in [0.15, 0.2) is 0 Å². The number of nitrogens with one attached hydrogen (secondary N) is 1. The van der Waals surface area contributed by atoms with Crippen LogP contribution in [-0.2, 0) is 0 Å². The van der Waals surface area contributed by atoms with Gasteiger partial charge < -0.3 is 11.1 Å². The van der Waals surface area contributed by atoms with Crippen molar-refractivity contribution in [2.45, 2.75) is 19.4 Å². The second-order valence-electron chi connectivity index (χ2n) is 3.95. The van der Waals surface area contributed by atoms with Crippen LogP contribution in [0, 0.1) is 3.57 Å². The molecule has 0 unspecified atom stereocenters. The average Bonchev–Trinajstić information content (AvgIpc) is 2.16. The Bertz CT molecular complexity index is 432. The lowest BCUT2D eigenvalue weighted by Crippen LogP contribution is -2.52. The monoisotopic (exact) mass is 348 g/mol. The molecule has 0 aliphatic carbocycles. The Morgan fingerprint density at radius 1 is 1.50 bits per heavy atom. The SMILES string of the molecule is CC(C)(NC(=O)c1cccc(I)c1)C(N)=S. The number of nitrogens with two attached hydrogens (primary N) is 1. The van der Waals surface area contributed by atoms with Crippen molar-refractivity contribution in [3.63, 3.8) is 0 Å². The van der Waals surface area contributed by atoms with Crippen LogP contribution in [0.5, 0.6) is 0 Å². The quantitative estimate of drug-likeness (QED) is 0.650. The number of thiocarbonyl (C=S) groups is 1.